The number of hydrogen-bond acceptors (Lipinski definition) is 6. The average molecular weight is 374 g/mol. The van der Waals surface area contributed by atoms with Gasteiger partial charge < -0.3 is 24.1 Å². The Bertz CT molecular complexity index is 784. The van der Waals surface area contributed by atoms with Crippen molar-refractivity contribution in [3.63, 3.8) is 0 Å². The number of hydrogen-bond donors (Lipinski definition) is 1. The first-order valence-corrected chi connectivity index (χ1v) is 8.92. The molecule has 0 radical (unpaired) electrons. The fourth-order valence-corrected chi connectivity index (χ4v) is 2.62. The number of carbonyl (C=O) groups excluding carboxylic acids is 1. The number of ether oxygens (including phenoxy) is 4. The van der Waals surface area contributed by atoms with Crippen LogP contribution in [0, 0.1) is 0 Å². The van der Waals surface area contributed by atoms with Crippen LogP contribution >= 0.6 is 0 Å². The van der Waals surface area contributed by atoms with Crippen LogP contribution in [0.2, 0.25) is 0 Å². The van der Waals surface area contributed by atoms with Crippen molar-refractivity contribution in [2.24, 2.45) is 0 Å². The molecule has 1 N–H and O–H groups in total. The number of aromatic hydroxyl groups is 1. The van der Waals surface area contributed by atoms with Gasteiger partial charge in [0.2, 0.25) is 5.75 Å². The van der Waals surface area contributed by atoms with Crippen molar-refractivity contribution in [3.8, 4) is 28.7 Å². The monoisotopic (exact) mass is 374 g/mol. The van der Waals surface area contributed by atoms with Gasteiger partial charge in [-0.1, -0.05) is 13.0 Å². The maximum Gasteiger partial charge on any atom is 0.306 e. The minimum Gasteiger partial charge on any atom is -0.502 e. The summed E-state index contributed by atoms with van der Waals surface area (Å²) >= 11 is 0. The van der Waals surface area contributed by atoms with Gasteiger partial charge >= 0.3 is 5.97 Å². The predicted molar refractivity (Wildman–Crippen MR) is 102 cm³/mol. The van der Waals surface area contributed by atoms with Gasteiger partial charge in [-0.25, -0.2) is 0 Å². The van der Waals surface area contributed by atoms with Gasteiger partial charge in [0.25, 0.3) is 0 Å². The Kier molecular flexibility index (Phi) is 7.34. The third-order valence-electron chi connectivity index (χ3n) is 4.10. The maximum absolute atomic E-state index is 11.5. The van der Waals surface area contributed by atoms with E-state index < -0.39 is 0 Å². The molecule has 0 aliphatic carbocycles. The molecule has 0 saturated heterocycles. The van der Waals surface area contributed by atoms with E-state index in [9.17, 15) is 9.90 Å². The number of carbonyl (C=O) groups is 1. The molecule has 146 valence electrons. The third kappa shape index (κ3) is 5.29. The summed E-state index contributed by atoms with van der Waals surface area (Å²) < 4.78 is 21.5. The van der Waals surface area contributed by atoms with Crippen LogP contribution in [0.25, 0.3) is 0 Å². The molecule has 0 amide bonds. The number of aryl methyl sites for hydroxylation is 2. The van der Waals surface area contributed by atoms with Crippen LogP contribution < -0.4 is 14.2 Å². The highest BCUT2D eigenvalue weighted by Crippen LogP contribution is 2.42. The summed E-state index contributed by atoms with van der Waals surface area (Å²) in [5.74, 6) is 1.33. The molecule has 2 aromatic rings. The van der Waals surface area contributed by atoms with Crippen LogP contribution in [0.15, 0.2) is 30.3 Å². The molecule has 0 spiro atoms. The average Bonchev–Trinajstić information content (AvgIpc) is 2.68. The fraction of sp³-hybridized carbons (Fsp3) is 0.381. The SMILES string of the molecule is CCOC(=O)CCc1ccc(Oc2cc(CC)cc(OC)c2O)c(OC)c1. The van der Waals surface area contributed by atoms with Crippen molar-refractivity contribution in [2.45, 2.75) is 33.1 Å². The fourth-order valence-electron chi connectivity index (χ4n) is 2.62. The van der Waals surface area contributed by atoms with E-state index in [1.807, 2.05) is 19.1 Å². The highest BCUT2D eigenvalue weighted by atomic mass is 16.5. The van der Waals surface area contributed by atoms with Gasteiger partial charge in [0, 0.05) is 6.42 Å². The molecule has 0 heterocycles. The first-order chi connectivity index (χ1) is 13.0. The minimum atomic E-state index is -0.231. The van der Waals surface area contributed by atoms with Crippen molar-refractivity contribution in [1.82, 2.24) is 0 Å². The van der Waals surface area contributed by atoms with Crippen molar-refractivity contribution in [2.75, 3.05) is 20.8 Å². The first kappa shape index (κ1) is 20.4. The predicted octanol–water partition coefficient (Wildman–Crippen LogP) is 4.26. The van der Waals surface area contributed by atoms with Gasteiger partial charge in [-0.05, 0) is 55.2 Å². The highest BCUT2D eigenvalue weighted by Gasteiger charge is 2.15. The summed E-state index contributed by atoms with van der Waals surface area (Å²) in [6, 6.07) is 8.97. The molecule has 0 atom stereocenters. The van der Waals surface area contributed by atoms with Gasteiger partial charge in [0.1, 0.15) is 0 Å². The number of benzene rings is 2. The zero-order valence-corrected chi connectivity index (χ0v) is 16.2. The Balaban J connectivity index is 2.23. The Labute approximate surface area is 159 Å². The lowest BCUT2D eigenvalue weighted by atomic mass is 10.1. The first-order valence-electron chi connectivity index (χ1n) is 8.92. The van der Waals surface area contributed by atoms with E-state index in [2.05, 4.69) is 0 Å². The number of rotatable bonds is 9. The summed E-state index contributed by atoms with van der Waals surface area (Å²) in [4.78, 5) is 11.5. The van der Waals surface area contributed by atoms with Gasteiger partial charge in [0.05, 0.1) is 20.8 Å². The molecule has 0 unspecified atom stereocenters. The minimum absolute atomic E-state index is 0.0665. The molecule has 27 heavy (non-hydrogen) atoms. The van der Waals surface area contributed by atoms with Crippen molar-refractivity contribution in [3.05, 3.63) is 41.5 Å². The normalized spacial score (nSPS) is 10.4. The lowest BCUT2D eigenvalue weighted by Crippen LogP contribution is -2.05. The lowest BCUT2D eigenvalue weighted by molar-refractivity contribution is -0.143. The van der Waals surface area contributed by atoms with E-state index in [0.29, 0.717) is 42.4 Å². The summed E-state index contributed by atoms with van der Waals surface area (Å²) in [6.45, 7) is 4.16. The summed E-state index contributed by atoms with van der Waals surface area (Å²) in [7, 11) is 3.04. The van der Waals surface area contributed by atoms with E-state index in [1.54, 1.807) is 32.2 Å². The van der Waals surface area contributed by atoms with Crippen molar-refractivity contribution >= 4 is 5.97 Å². The topological polar surface area (TPSA) is 74.2 Å². The molecule has 2 rings (SSSR count). The molecule has 0 aliphatic heterocycles. The van der Waals surface area contributed by atoms with Crippen LogP contribution in [-0.4, -0.2) is 31.9 Å². The molecule has 0 saturated carbocycles. The molecular formula is C21H26O6. The van der Waals surface area contributed by atoms with Crippen LogP contribution in [0.1, 0.15) is 31.4 Å². The zero-order chi connectivity index (χ0) is 19.8. The third-order valence-corrected chi connectivity index (χ3v) is 4.10. The van der Waals surface area contributed by atoms with Crippen LogP contribution in [0.4, 0.5) is 0 Å². The number of phenolic OH excluding ortho intramolecular Hbond substituents is 1. The summed E-state index contributed by atoms with van der Waals surface area (Å²) in [6.07, 6.45) is 1.62. The molecule has 0 bridgehead atoms. The zero-order valence-electron chi connectivity index (χ0n) is 16.2. The van der Waals surface area contributed by atoms with Gasteiger partial charge in [0.15, 0.2) is 23.0 Å². The number of methoxy groups -OCH3 is 2. The molecular weight excluding hydrogens is 348 g/mol. The summed E-state index contributed by atoms with van der Waals surface area (Å²) in [5.41, 5.74) is 1.90. The Morgan fingerprint density at radius 3 is 2.22 bits per heavy atom. The maximum atomic E-state index is 11.5. The quantitative estimate of drug-likeness (QED) is 0.661. The van der Waals surface area contributed by atoms with E-state index in [0.717, 1.165) is 17.5 Å². The van der Waals surface area contributed by atoms with E-state index >= 15 is 0 Å². The number of esters is 1. The van der Waals surface area contributed by atoms with Crippen LogP contribution in [0.5, 0.6) is 28.7 Å². The molecule has 6 nitrogen and oxygen atoms in total. The van der Waals surface area contributed by atoms with Crippen molar-refractivity contribution in [1.29, 1.82) is 0 Å². The van der Waals surface area contributed by atoms with Crippen LogP contribution in [-0.2, 0) is 22.4 Å². The molecule has 2 aromatic carbocycles. The number of phenols is 1. The standard InChI is InChI=1S/C21H26O6/c1-5-14-11-18(25-4)21(23)19(12-14)27-16-9-7-15(13-17(16)24-3)8-10-20(22)26-6-2/h7,9,11-13,23H,5-6,8,10H2,1-4H3. The molecule has 6 heteroatoms. The Hall–Kier alpha value is -2.89. The van der Waals surface area contributed by atoms with Gasteiger partial charge in [-0.2, -0.15) is 0 Å². The van der Waals surface area contributed by atoms with Crippen LogP contribution in [0.3, 0.4) is 0 Å². The molecule has 0 aromatic heterocycles. The van der Waals surface area contributed by atoms with E-state index in [4.69, 9.17) is 18.9 Å². The second-order valence-electron chi connectivity index (χ2n) is 5.89. The second kappa shape index (κ2) is 9.71. The smallest absolute Gasteiger partial charge is 0.306 e. The second-order valence-corrected chi connectivity index (χ2v) is 5.89. The van der Waals surface area contributed by atoms with Gasteiger partial charge in [-0.15, -0.1) is 0 Å². The van der Waals surface area contributed by atoms with Gasteiger partial charge in [-0.3, -0.25) is 4.79 Å². The van der Waals surface area contributed by atoms with Crippen molar-refractivity contribution < 1.29 is 28.8 Å². The summed E-state index contributed by atoms with van der Waals surface area (Å²) in [5, 5.41) is 10.3. The molecule has 0 aliphatic rings. The lowest BCUT2D eigenvalue weighted by Gasteiger charge is -2.15. The largest absolute Gasteiger partial charge is 0.502 e. The van der Waals surface area contributed by atoms with E-state index in [1.165, 1.54) is 7.11 Å². The Morgan fingerprint density at radius 1 is 0.926 bits per heavy atom. The highest BCUT2D eigenvalue weighted by molar-refractivity contribution is 5.69. The van der Waals surface area contributed by atoms with E-state index in [-0.39, 0.29) is 11.7 Å². The molecule has 0 fully saturated rings. The Morgan fingerprint density at radius 2 is 1.59 bits per heavy atom.